The summed E-state index contributed by atoms with van der Waals surface area (Å²) in [6.45, 7) is 0. The summed E-state index contributed by atoms with van der Waals surface area (Å²) in [5.74, 6) is 0. The quantitative estimate of drug-likeness (QED) is 0.210. The Morgan fingerprint density at radius 1 is 0.395 bits per heavy atom. The summed E-state index contributed by atoms with van der Waals surface area (Å²) in [6.07, 6.45) is 0. The summed E-state index contributed by atoms with van der Waals surface area (Å²) < 4.78 is 2.37. The smallest absolute Gasteiger partial charge is 0.0602 e. The molecule has 1 aromatic heterocycles. The van der Waals surface area contributed by atoms with Crippen LogP contribution in [0.3, 0.4) is 0 Å². The van der Waals surface area contributed by atoms with Gasteiger partial charge in [0.2, 0.25) is 0 Å². The summed E-state index contributed by atoms with van der Waals surface area (Å²) in [4.78, 5) is 4.94. The van der Waals surface area contributed by atoms with Gasteiger partial charge in [-0.2, -0.15) is 0 Å². The summed E-state index contributed by atoms with van der Waals surface area (Å²) >= 11 is 1.86. The van der Waals surface area contributed by atoms with E-state index in [1.165, 1.54) is 76.2 Å². The maximum absolute atomic E-state index is 2.41. The molecule has 0 bridgehead atoms. The van der Waals surface area contributed by atoms with Crippen LogP contribution in [0.1, 0.15) is 0 Å². The van der Waals surface area contributed by atoms with Crippen molar-refractivity contribution < 1.29 is 0 Å². The van der Waals surface area contributed by atoms with Gasteiger partial charge in [-0.05, 0) is 88.6 Å². The molecule has 1 aliphatic heterocycles. The maximum Gasteiger partial charge on any atom is 0.0602 e. The van der Waals surface area contributed by atoms with Crippen molar-refractivity contribution in [2.45, 2.75) is 9.79 Å². The van der Waals surface area contributed by atoms with Crippen molar-refractivity contribution in [2.75, 3.05) is 4.90 Å². The van der Waals surface area contributed by atoms with Gasteiger partial charge in [-0.1, -0.05) is 103 Å². The number of aromatic nitrogens is 1. The van der Waals surface area contributed by atoms with Crippen LogP contribution in [0.5, 0.6) is 0 Å². The van der Waals surface area contributed by atoms with Gasteiger partial charge < -0.3 is 9.47 Å². The lowest BCUT2D eigenvalue weighted by Crippen LogP contribution is -2.14. The normalized spacial score (nSPS) is 12.5. The first-order chi connectivity index (χ1) is 21.3. The van der Waals surface area contributed by atoms with Crippen LogP contribution in [0.2, 0.25) is 0 Å². The zero-order valence-corrected chi connectivity index (χ0v) is 24.1. The van der Waals surface area contributed by atoms with Crippen LogP contribution < -0.4 is 4.90 Å². The first kappa shape index (κ1) is 24.4. The molecule has 0 radical (unpaired) electrons. The Morgan fingerprint density at radius 2 is 1.09 bits per heavy atom. The van der Waals surface area contributed by atoms with Gasteiger partial charge in [-0.15, -0.1) is 0 Å². The van der Waals surface area contributed by atoms with Gasteiger partial charge in [0, 0.05) is 31.9 Å². The van der Waals surface area contributed by atoms with E-state index < -0.39 is 0 Å². The summed E-state index contributed by atoms with van der Waals surface area (Å²) in [6, 6.07) is 57.3. The molecule has 0 saturated carbocycles. The van der Waals surface area contributed by atoms with Crippen LogP contribution in [0.4, 0.5) is 17.1 Å². The third-order valence-electron chi connectivity index (χ3n) is 8.54. The molecule has 7 aromatic carbocycles. The number of fused-ring (bicyclic) bond motifs is 6. The maximum atomic E-state index is 2.41. The van der Waals surface area contributed by atoms with Gasteiger partial charge in [0.15, 0.2) is 0 Å². The summed E-state index contributed by atoms with van der Waals surface area (Å²) in [7, 11) is 0. The average Bonchev–Trinajstić information content (AvgIpc) is 3.41. The predicted molar refractivity (Wildman–Crippen MR) is 183 cm³/mol. The van der Waals surface area contributed by atoms with Crippen molar-refractivity contribution in [3.05, 3.63) is 158 Å². The molecule has 0 atom stereocenters. The first-order valence-electron chi connectivity index (χ1n) is 14.6. The molecule has 0 fully saturated rings. The second kappa shape index (κ2) is 9.65. The molecule has 0 saturated heterocycles. The number of nitrogens with zero attached hydrogens (tertiary/aromatic N) is 2. The number of anilines is 3. The molecular formula is C40H26N2S. The molecule has 1 aliphatic rings. The van der Waals surface area contributed by atoms with E-state index in [0.29, 0.717) is 0 Å². The number of hydrogen-bond donors (Lipinski definition) is 0. The fourth-order valence-electron chi connectivity index (χ4n) is 6.54. The van der Waals surface area contributed by atoms with Crippen molar-refractivity contribution in [3.63, 3.8) is 0 Å². The third kappa shape index (κ3) is 3.89. The number of para-hydroxylation sites is 3. The van der Waals surface area contributed by atoms with E-state index in [1.54, 1.807) is 0 Å². The van der Waals surface area contributed by atoms with Crippen LogP contribution in [-0.2, 0) is 0 Å². The lowest BCUT2D eigenvalue weighted by atomic mass is 10.0. The van der Waals surface area contributed by atoms with Crippen LogP contribution in [0.25, 0.3) is 49.4 Å². The lowest BCUT2D eigenvalue weighted by Gasteiger charge is -2.33. The SMILES string of the molecule is c1ccc(-n2c3ccccc3c3cc(-c4ccc5c(c4)Sc4ccccc4N5c4ccc5ccccc5c4)ccc32)cc1. The van der Waals surface area contributed by atoms with Crippen molar-refractivity contribution in [3.8, 4) is 16.8 Å². The molecule has 8 aromatic rings. The van der Waals surface area contributed by atoms with E-state index in [0.717, 1.165) is 0 Å². The third-order valence-corrected chi connectivity index (χ3v) is 9.65. The molecule has 9 rings (SSSR count). The highest BCUT2D eigenvalue weighted by atomic mass is 32.2. The molecule has 2 nitrogen and oxygen atoms in total. The van der Waals surface area contributed by atoms with Gasteiger partial charge in [0.05, 0.1) is 22.4 Å². The molecule has 43 heavy (non-hydrogen) atoms. The summed E-state index contributed by atoms with van der Waals surface area (Å²) in [5.41, 5.74) is 9.69. The Balaban J connectivity index is 1.19. The van der Waals surface area contributed by atoms with E-state index in [-0.39, 0.29) is 0 Å². The van der Waals surface area contributed by atoms with Crippen molar-refractivity contribution >= 4 is 61.4 Å². The standard InChI is InChI=1S/C40H26N2S/c1-2-12-31(13-3-1)41-35-15-7-6-14-33(35)34-25-29(19-22-36(34)41)30-20-23-38-40(26-30)43-39-17-9-8-16-37(39)42(38)32-21-18-27-10-4-5-11-28(27)24-32/h1-26H. The largest absolute Gasteiger partial charge is 0.309 e. The monoisotopic (exact) mass is 566 g/mol. The highest BCUT2D eigenvalue weighted by Crippen LogP contribution is 2.52. The molecule has 0 amide bonds. The zero-order chi connectivity index (χ0) is 28.3. The Labute approximate surface area is 254 Å². The minimum absolute atomic E-state index is 1.18. The van der Waals surface area contributed by atoms with E-state index in [1.807, 2.05) is 11.8 Å². The zero-order valence-electron chi connectivity index (χ0n) is 23.3. The van der Waals surface area contributed by atoms with Crippen molar-refractivity contribution in [1.82, 2.24) is 4.57 Å². The Bertz CT molecular complexity index is 2330. The van der Waals surface area contributed by atoms with Crippen molar-refractivity contribution in [2.24, 2.45) is 0 Å². The number of benzene rings is 7. The molecule has 2 heterocycles. The van der Waals surface area contributed by atoms with Gasteiger partial charge in [-0.3, -0.25) is 0 Å². The van der Waals surface area contributed by atoms with Crippen molar-refractivity contribution in [1.29, 1.82) is 0 Å². The minimum atomic E-state index is 1.18. The molecular weight excluding hydrogens is 541 g/mol. The first-order valence-corrected chi connectivity index (χ1v) is 15.4. The molecule has 0 N–H and O–H groups in total. The predicted octanol–water partition coefficient (Wildman–Crippen LogP) is 11.5. The second-order valence-corrected chi connectivity index (χ2v) is 12.1. The minimum Gasteiger partial charge on any atom is -0.309 e. The second-order valence-electron chi connectivity index (χ2n) is 11.0. The van der Waals surface area contributed by atoms with E-state index >= 15 is 0 Å². The van der Waals surface area contributed by atoms with Crippen LogP contribution in [-0.4, -0.2) is 4.57 Å². The number of rotatable bonds is 3. The Kier molecular flexibility index (Phi) is 5.47. The lowest BCUT2D eigenvalue weighted by molar-refractivity contribution is 1.17. The van der Waals surface area contributed by atoms with E-state index in [9.17, 15) is 0 Å². The average molecular weight is 567 g/mol. The Hall–Kier alpha value is -5.25. The molecule has 202 valence electrons. The molecule has 0 aliphatic carbocycles. The molecule has 3 heteroatoms. The number of hydrogen-bond acceptors (Lipinski definition) is 2. The van der Waals surface area contributed by atoms with Crippen LogP contribution in [0, 0.1) is 0 Å². The topological polar surface area (TPSA) is 8.17 Å². The van der Waals surface area contributed by atoms with Gasteiger partial charge >= 0.3 is 0 Å². The highest BCUT2D eigenvalue weighted by molar-refractivity contribution is 7.99. The van der Waals surface area contributed by atoms with E-state index in [4.69, 9.17) is 0 Å². The highest BCUT2D eigenvalue weighted by Gasteiger charge is 2.25. The fourth-order valence-corrected chi connectivity index (χ4v) is 7.64. The van der Waals surface area contributed by atoms with Gasteiger partial charge in [0.1, 0.15) is 0 Å². The Morgan fingerprint density at radius 3 is 2.02 bits per heavy atom. The molecule has 0 unspecified atom stereocenters. The fraction of sp³-hybridized carbons (Fsp3) is 0. The van der Waals surface area contributed by atoms with E-state index in [2.05, 4.69) is 167 Å². The molecule has 0 spiro atoms. The van der Waals surface area contributed by atoms with Crippen LogP contribution >= 0.6 is 11.8 Å². The van der Waals surface area contributed by atoms with Gasteiger partial charge in [-0.25, -0.2) is 0 Å². The summed E-state index contributed by atoms with van der Waals surface area (Å²) in [5, 5.41) is 5.04. The van der Waals surface area contributed by atoms with Crippen LogP contribution in [0.15, 0.2) is 168 Å². The van der Waals surface area contributed by atoms with Gasteiger partial charge in [0.25, 0.3) is 0 Å².